The first-order valence-corrected chi connectivity index (χ1v) is 6.29. The second kappa shape index (κ2) is 4.72. The molecule has 2 aliphatic rings. The van der Waals surface area contributed by atoms with E-state index in [0.29, 0.717) is 5.41 Å². The van der Waals surface area contributed by atoms with E-state index in [9.17, 15) is 0 Å². The third kappa shape index (κ3) is 2.38. The van der Waals surface area contributed by atoms with E-state index in [-0.39, 0.29) is 0 Å². The summed E-state index contributed by atoms with van der Waals surface area (Å²) in [7, 11) is 1.78. The van der Waals surface area contributed by atoms with Gasteiger partial charge in [-0.05, 0) is 25.8 Å². The molecule has 2 heteroatoms. The number of hydrogen-bond acceptors (Lipinski definition) is 2. The minimum absolute atomic E-state index is 0.462. The van der Waals surface area contributed by atoms with E-state index < -0.39 is 0 Å². The van der Waals surface area contributed by atoms with Crippen molar-refractivity contribution in [1.82, 2.24) is 4.90 Å². The molecule has 2 unspecified atom stereocenters. The van der Waals surface area contributed by atoms with E-state index >= 15 is 0 Å². The zero-order valence-electron chi connectivity index (χ0n) is 10.7. The Bertz CT molecular complexity index is 308. The quantitative estimate of drug-likeness (QED) is 0.683. The Labute approximate surface area is 99.0 Å². The van der Waals surface area contributed by atoms with E-state index in [4.69, 9.17) is 4.74 Å². The molecule has 2 rings (SSSR count). The van der Waals surface area contributed by atoms with Crippen LogP contribution in [0, 0.1) is 11.3 Å². The highest BCUT2D eigenvalue weighted by Crippen LogP contribution is 2.57. The molecule has 2 aliphatic carbocycles. The standard InChI is InChI=1S/C14H23NO/c1-4-15(7-8-16-3)11-14-6-5-12(2)9-13(14)10-14/h5-6,9,13H,4,7-8,10-11H2,1-3H3. The fraction of sp³-hybridized carbons (Fsp3) is 0.714. The fourth-order valence-electron chi connectivity index (χ4n) is 2.66. The van der Waals surface area contributed by atoms with Gasteiger partial charge in [-0.25, -0.2) is 0 Å². The van der Waals surface area contributed by atoms with Crippen molar-refractivity contribution in [2.24, 2.45) is 11.3 Å². The smallest absolute Gasteiger partial charge is 0.0589 e. The molecule has 1 fully saturated rings. The Morgan fingerprint density at radius 3 is 3.00 bits per heavy atom. The van der Waals surface area contributed by atoms with Crippen LogP contribution in [0.4, 0.5) is 0 Å². The first kappa shape index (κ1) is 11.9. The average molecular weight is 221 g/mol. The number of ether oxygens (including phenoxy) is 1. The van der Waals surface area contributed by atoms with Crippen molar-refractivity contribution in [1.29, 1.82) is 0 Å². The summed E-state index contributed by atoms with van der Waals surface area (Å²) in [4.78, 5) is 2.50. The molecule has 0 radical (unpaired) electrons. The van der Waals surface area contributed by atoms with Gasteiger partial charge in [-0.1, -0.05) is 30.7 Å². The largest absolute Gasteiger partial charge is 0.383 e. The lowest BCUT2D eigenvalue weighted by molar-refractivity contribution is 0.141. The summed E-state index contributed by atoms with van der Waals surface area (Å²) in [6.45, 7) is 8.63. The number of methoxy groups -OCH3 is 1. The van der Waals surface area contributed by atoms with Crippen LogP contribution in [0.2, 0.25) is 0 Å². The van der Waals surface area contributed by atoms with Crippen molar-refractivity contribution in [3.8, 4) is 0 Å². The molecule has 2 nitrogen and oxygen atoms in total. The summed E-state index contributed by atoms with van der Waals surface area (Å²) < 4.78 is 5.16. The lowest BCUT2D eigenvalue weighted by Crippen LogP contribution is -2.33. The lowest BCUT2D eigenvalue weighted by atomic mass is 9.96. The van der Waals surface area contributed by atoms with Gasteiger partial charge in [-0.2, -0.15) is 0 Å². The van der Waals surface area contributed by atoms with Gasteiger partial charge in [0.15, 0.2) is 0 Å². The van der Waals surface area contributed by atoms with Gasteiger partial charge in [0.05, 0.1) is 6.61 Å². The van der Waals surface area contributed by atoms with Crippen molar-refractivity contribution in [3.63, 3.8) is 0 Å². The van der Waals surface area contributed by atoms with Gasteiger partial charge in [-0.3, -0.25) is 0 Å². The van der Waals surface area contributed by atoms with Gasteiger partial charge >= 0.3 is 0 Å². The van der Waals surface area contributed by atoms with E-state index in [1.54, 1.807) is 7.11 Å². The average Bonchev–Trinajstić information content (AvgIpc) is 2.97. The molecule has 0 aliphatic heterocycles. The molecule has 90 valence electrons. The first-order chi connectivity index (χ1) is 7.70. The Kier molecular flexibility index (Phi) is 3.50. The molecular formula is C14H23NO. The summed E-state index contributed by atoms with van der Waals surface area (Å²) in [5.41, 5.74) is 1.89. The van der Waals surface area contributed by atoms with Crippen LogP contribution < -0.4 is 0 Å². The maximum Gasteiger partial charge on any atom is 0.0589 e. The zero-order chi connectivity index (χ0) is 11.6. The molecule has 16 heavy (non-hydrogen) atoms. The normalized spacial score (nSPS) is 31.5. The van der Waals surface area contributed by atoms with E-state index in [0.717, 1.165) is 25.6 Å². The number of nitrogens with zero attached hydrogens (tertiary/aromatic N) is 1. The molecular weight excluding hydrogens is 198 g/mol. The van der Waals surface area contributed by atoms with Crippen LogP contribution in [0.3, 0.4) is 0 Å². The number of likely N-dealkylation sites (N-methyl/N-ethyl adjacent to an activating group) is 1. The predicted molar refractivity (Wildman–Crippen MR) is 67.4 cm³/mol. The summed E-state index contributed by atoms with van der Waals surface area (Å²) in [5.74, 6) is 0.800. The highest BCUT2D eigenvalue weighted by molar-refractivity contribution is 5.34. The molecule has 0 aromatic rings. The predicted octanol–water partition coefficient (Wildman–Crippen LogP) is 2.48. The van der Waals surface area contributed by atoms with E-state index in [1.165, 1.54) is 18.5 Å². The molecule has 0 heterocycles. The Hall–Kier alpha value is -0.600. The van der Waals surface area contributed by atoms with E-state index in [1.807, 2.05) is 0 Å². The monoisotopic (exact) mass is 221 g/mol. The minimum atomic E-state index is 0.462. The molecule has 0 aromatic carbocycles. The number of fused-ring (bicyclic) bond motifs is 1. The van der Waals surface area contributed by atoms with Crippen molar-refractivity contribution in [3.05, 3.63) is 23.8 Å². The first-order valence-electron chi connectivity index (χ1n) is 6.29. The molecule has 0 spiro atoms. The van der Waals surface area contributed by atoms with Gasteiger partial charge in [0.25, 0.3) is 0 Å². The molecule has 2 atom stereocenters. The molecule has 0 aromatic heterocycles. The summed E-state index contributed by atoms with van der Waals surface area (Å²) in [6, 6.07) is 0. The van der Waals surface area contributed by atoms with Crippen LogP contribution in [0.25, 0.3) is 0 Å². The van der Waals surface area contributed by atoms with Crippen LogP contribution in [0.15, 0.2) is 23.8 Å². The van der Waals surface area contributed by atoms with Crippen LogP contribution >= 0.6 is 0 Å². The SMILES string of the molecule is CCN(CCOC)CC12C=CC(C)=CC1C2. The molecule has 0 N–H and O–H groups in total. The topological polar surface area (TPSA) is 12.5 Å². The number of hydrogen-bond donors (Lipinski definition) is 0. The maximum atomic E-state index is 5.16. The number of allylic oxidation sites excluding steroid dienone is 3. The van der Waals surface area contributed by atoms with E-state index in [2.05, 4.69) is 37.0 Å². The van der Waals surface area contributed by atoms with Gasteiger partial charge in [0, 0.05) is 25.6 Å². The zero-order valence-corrected chi connectivity index (χ0v) is 10.7. The minimum Gasteiger partial charge on any atom is -0.383 e. The molecule has 0 saturated heterocycles. The second-order valence-corrected chi connectivity index (χ2v) is 5.15. The second-order valence-electron chi connectivity index (χ2n) is 5.15. The Morgan fingerprint density at radius 1 is 1.56 bits per heavy atom. The van der Waals surface area contributed by atoms with Crippen LogP contribution in [0.5, 0.6) is 0 Å². The Morgan fingerprint density at radius 2 is 2.38 bits per heavy atom. The van der Waals surface area contributed by atoms with Crippen molar-refractivity contribution in [2.45, 2.75) is 20.3 Å². The third-order valence-electron chi connectivity index (χ3n) is 3.90. The van der Waals surface area contributed by atoms with Gasteiger partial charge < -0.3 is 9.64 Å². The van der Waals surface area contributed by atoms with Gasteiger partial charge in [0.1, 0.15) is 0 Å². The summed E-state index contributed by atoms with van der Waals surface area (Å²) >= 11 is 0. The third-order valence-corrected chi connectivity index (χ3v) is 3.90. The molecule has 0 amide bonds. The Balaban J connectivity index is 1.88. The van der Waals surface area contributed by atoms with Crippen molar-refractivity contribution < 1.29 is 4.74 Å². The van der Waals surface area contributed by atoms with Crippen LogP contribution in [-0.2, 0) is 4.74 Å². The lowest BCUT2D eigenvalue weighted by Gasteiger charge is -2.26. The van der Waals surface area contributed by atoms with Crippen molar-refractivity contribution in [2.75, 3.05) is 33.4 Å². The van der Waals surface area contributed by atoms with Crippen LogP contribution in [0.1, 0.15) is 20.3 Å². The maximum absolute atomic E-state index is 5.16. The summed E-state index contributed by atoms with van der Waals surface area (Å²) in [6.07, 6.45) is 8.49. The van der Waals surface area contributed by atoms with Gasteiger partial charge in [0.2, 0.25) is 0 Å². The highest BCUT2D eigenvalue weighted by atomic mass is 16.5. The van der Waals surface area contributed by atoms with Crippen LogP contribution in [-0.4, -0.2) is 38.3 Å². The number of rotatable bonds is 6. The molecule has 0 bridgehead atoms. The summed E-state index contributed by atoms with van der Waals surface area (Å²) in [5, 5.41) is 0. The van der Waals surface area contributed by atoms with Crippen molar-refractivity contribution >= 4 is 0 Å². The molecule has 1 saturated carbocycles. The highest BCUT2D eigenvalue weighted by Gasteiger charge is 2.52. The van der Waals surface area contributed by atoms with Gasteiger partial charge in [-0.15, -0.1) is 0 Å². The fourth-order valence-corrected chi connectivity index (χ4v) is 2.66.